The standard InChI is InChI=1S/C22H24N2O5/c1-27-18-10-14(11-19(28-2)20(18)29-3)23-21(25)15-12-16(15)22(26)24-9-8-13-6-4-5-7-17(13)24/h4-7,10-11,15-16H,8-9,12H2,1-3H3,(H,23,25). The topological polar surface area (TPSA) is 77.1 Å². The maximum absolute atomic E-state index is 12.9. The first-order chi connectivity index (χ1) is 14.1. The van der Waals surface area contributed by atoms with E-state index in [1.54, 1.807) is 12.1 Å². The van der Waals surface area contributed by atoms with Crippen LogP contribution in [0.1, 0.15) is 12.0 Å². The molecule has 1 fully saturated rings. The van der Waals surface area contributed by atoms with Crippen molar-refractivity contribution in [1.29, 1.82) is 0 Å². The van der Waals surface area contributed by atoms with E-state index in [4.69, 9.17) is 14.2 Å². The normalized spacial score (nSPS) is 19.3. The Morgan fingerprint density at radius 1 is 1.00 bits per heavy atom. The van der Waals surface area contributed by atoms with Gasteiger partial charge in [-0.3, -0.25) is 9.59 Å². The number of fused-ring (bicyclic) bond motifs is 1. The summed E-state index contributed by atoms with van der Waals surface area (Å²) in [7, 11) is 4.56. The molecule has 0 aromatic heterocycles. The largest absolute Gasteiger partial charge is 0.493 e. The lowest BCUT2D eigenvalue weighted by Crippen LogP contribution is -2.31. The Morgan fingerprint density at radius 2 is 1.69 bits per heavy atom. The zero-order chi connectivity index (χ0) is 20.5. The van der Waals surface area contributed by atoms with Gasteiger partial charge in [-0.15, -0.1) is 0 Å². The summed E-state index contributed by atoms with van der Waals surface area (Å²) in [5.74, 6) is 0.626. The molecule has 29 heavy (non-hydrogen) atoms. The van der Waals surface area contributed by atoms with Crippen LogP contribution in [0.5, 0.6) is 17.2 Å². The van der Waals surface area contributed by atoms with E-state index >= 15 is 0 Å². The molecule has 2 amide bonds. The van der Waals surface area contributed by atoms with E-state index in [1.807, 2.05) is 29.2 Å². The van der Waals surface area contributed by atoms with E-state index in [0.717, 1.165) is 12.1 Å². The van der Waals surface area contributed by atoms with Gasteiger partial charge >= 0.3 is 0 Å². The molecule has 7 heteroatoms. The molecule has 4 rings (SSSR count). The lowest BCUT2D eigenvalue weighted by Gasteiger charge is -2.17. The molecule has 2 aliphatic rings. The number of rotatable bonds is 6. The van der Waals surface area contributed by atoms with Gasteiger partial charge in [0.15, 0.2) is 11.5 Å². The summed E-state index contributed by atoms with van der Waals surface area (Å²) in [4.78, 5) is 27.4. The van der Waals surface area contributed by atoms with Gasteiger partial charge in [-0.05, 0) is 24.5 Å². The number of amides is 2. The highest BCUT2D eigenvalue weighted by molar-refractivity contribution is 6.05. The van der Waals surface area contributed by atoms with Crippen LogP contribution in [0.25, 0.3) is 0 Å². The second-order valence-electron chi connectivity index (χ2n) is 7.22. The van der Waals surface area contributed by atoms with Gasteiger partial charge in [-0.25, -0.2) is 0 Å². The van der Waals surface area contributed by atoms with Gasteiger partial charge in [0, 0.05) is 30.1 Å². The Hall–Kier alpha value is -3.22. The van der Waals surface area contributed by atoms with Crippen molar-refractivity contribution < 1.29 is 23.8 Å². The quantitative estimate of drug-likeness (QED) is 0.813. The molecule has 1 aliphatic heterocycles. The van der Waals surface area contributed by atoms with E-state index in [-0.39, 0.29) is 23.7 Å². The van der Waals surface area contributed by atoms with E-state index in [2.05, 4.69) is 5.32 Å². The number of methoxy groups -OCH3 is 3. The average molecular weight is 396 g/mol. The van der Waals surface area contributed by atoms with Gasteiger partial charge in [0.2, 0.25) is 17.6 Å². The van der Waals surface area contributed by atoms with Crippen molar-refractivity contribution in [3.63, 3.8) is 0 Å². The summed E-state index contributed by atoms with van der Waals surface area (Å²) < 4.78 is 15.9. The number of anilines is 2. The van der Waals surface area contributed by atoms with Crippen LogP contribution in [0.4, 0.5) is 11.4 Å². The second-order valence-corrected chi connectivity index (χ2v) is 7.22. The number of benzene rings is 2. The van der Waals surface area contributed by atoms with Crippen molar-refractivity contribution in [2.75, 3.05) is 38.1 Å². The molecule has 1 heterocycles. The van der Waals surface area contributed by atoms with E-state index < -0.39 is 0 Å². The minimum absolute atomic E-state index is 0.0278. The third-order valence-corrected chi connectivity index (χ3v) is 5.53. The molecule has 2 unspecified atom stereocenters. The number of carbonyl (C=O) groups excluding carboxylic acids is 2. The zero-order valence-corrected chi connectivity index (χ0v) is 16.7. The number of nitrogens with one attached hydrogen (secondary N) is 1. The lowest BCUT2D eigenvalue weighted by atomic mass is 10.2. The number of ether oxygens (including phenoxy) is 3. The molecular formula is C22H24N2O5. The molecule has 2 aromatic carbocycles. The summed E-state index contributed by atoms with van der Waals surface area (Å²) in [5.41, 5.74) is 2.68. The van der Waals surface area contributed by atoms with Crippen LogP contribution in [-0.2, 0) is 16.0 Å². The summed E-state index contributed by atoms with van der Waals surface area (Å²) in [6.07, 6.45) is 1.42. The van der Waals surface area contributed by atoms with Gasteiger partial charge in [0.05, 0.1) is 33.2 Å². The Bertz CT molecular complexity index is 933. The van der Waals surface area contributed by atoms with Gasteiger partial charge in [0.25, 0.3) is 0 Å². The van der Waals surface area contributed by atoms with Gasteiger partial charge in [-0.1, -0.05) is 18.2 Å². The molecule has 1 N–H and O–H groups in total. The molecule has 7 nitrogen and oxygen atoms in total. The van der Waals surface area contributed by atoms with E-state index in [1.165, 1.54) is 26.9 Å². The minimum atomic E-state index is -0.325. The maximum Gasteiger partial charge on any atom is 0.230 e. The molecule has 1 saturated carbocycles. The highest BCUT2D eigenvalue weighted by Crippen LogP contribution is 2.44. The number of nitrogens with zero attached hydrogens (tertiary/aromatic N) is 1. The number of hydrogen-bond acceptors (Lipinski definition) is 5. The van der Waals surface area contributed by atoms with Crippen molar-refractivity contribution >= 4 is 23.2 Å². The fourth-order valence-electron chi connectivity index (χ4n) is 3.91. The van der Waals surface area contributed by atoms with Gasteiger partial charge < -0.3 is 24.4 Å². The Kier molecular flexibility index (Phi) is 5.05. The molecule has 2 atom stereocenters. The Labute approximate surface area is 169 Å². The van der Waals surface area contributed by atoms with Gasteiger partial charge in [0.1, 0.15) is 0 Å². The van der Waals surface area contributed by atoms with Crippen LogP contribution in [0.15, 0.2) is 36.4 Å². The third kappa shape index (κ3) is 3.48. The van der Waals surface area contributed by atoms with Crippen LogP contribution in [0, 0.1) is 11.8 Å². The molecule has 0 spiro atoms. The van der Waals surface area contributed by atoms with Gasteiger partial charge in [-0.2, -0.15) is 0 Å². The summed E-state index contributed by atoms with van der Waals surface area (Å²) in [5, 5.41) is 2.87. The SMILES string of the molecule is COc1cc(NC(=O)C2CC2C(=O)N2CCc3ccccc32)cc(OC)c1OC. The molecule has 0 saturated heterocycles. The van der Waals surface area contributed by atoms with Crippen molar-refractivity contribution in [2.45, 2.75) is 12.8 Å². The monoisotopic (exact) mass is 396 g/mol. The van der Waals surface area contributed by atoms with Crippen molar-refractivity contribution in [1.82, 2.24) is 0 Å². The fraction of sp³-hybridized carbons (Fsp3) is 0.364. The van der Waals surface area contributed by atoms with Crippen LogP contribution in [-0.4, -0.2) is 39.7 Å². The van der Waals surface area contributed by atoms with Crippen LogP contribution < -0.4 is 24.4 Å². The average Bonchev–Trinajstić information content (AvgIpc) is 3.44. The number of para-hydroxylation sites is 1. The molecule has 2 aromatic rings. The molecule has 152 valence electrons. The zero-order valence-electron chi connectivity index (χ0n) is 16.7. The summed E-state index contributed by atoms with van der Waals surface area (Å²) >= 11 is 0. The number of hydrogen-bond donors (Lipinski definition) is 1. The first-order valence-corrected chi connectivity index (χ1v) is 9.57. The predicted octanol–water partition coefficient (Wildman–Crippen LogP) is 2.88. The molecular weight excluding hydrogens is 372 g/mol. The first-order valence-electron chi connectivity index (χ1n) is 9.57. The maximum atomic E-state index is 12.9. The highest BCUT2D eigenvalue weighted by atomic mass is 16.5. The fourth-order valence-corrected chi connectivity index (χ4v) is 3.91. The van der Waals surface area contributed by atoms with Crippen LogP contribution in [0.3, 0.4) is 0 Å². The Balaban J connectivity index is 1.44. The van der Waals surface area contributed by atoms with Crippen molar-refractivity contribution in [3.8, 4) is 17.2 Å². The highest BCUT2D eigenvalue weighted by Gasteiger charge is 2.50. The molecule has 0 bridgehead atoms. The van der Waals surface area contributed by atoms with E-state index in [0.29, 0.717) is 35.9 Å². The first kappa shape index (κ1) is 19.1. The third-order valence-electron chi connectivity index (χ3n) is 5.53. The Morgan fingerprint density at radius 3 is 2.34 bits per heavy atom. The smallest absolute Gasteiger partial charge is 0.230 e. The summed E-state index contributed by atoms with van der Waals surface area (Å²) in [6.45, 7) is 0.676. The predicted molar refractivity (Wildman–Crippen MR) is 109 cm³/mol. The molecule has 0 radical (unpaired) electrons. The van der Waals surface area contributed by atoms with Crippen molar-refractivity contribution in [2.24, 2.45) is 11.8 Å². The minimum Gasteiger partial charge on any atom is -0.493 e. The van der Waals surface area contributed by atoms with Crippen LogP contribution >= 0.6 is 0 Å². The van der Waals surface area contributed by atoms with Crippen LogP contribution in [0.2, 0.25) is 0 Å². The summed E-state index contributed by atoms with van der Waals surface area (Å²) in [6, 6.07) is 11.3. The lowest BCUT2D eigenvalue weighted by molar-refractivity contribution is -0.123. The number of carbonyl (C=O) groups is 2. The molecule has 1 aliphatic carbocycles. The second kappa shape index (κ2) is 7.66. The van der Waals surface area contributed by atoms with Crippen molar-refractivity contribution in [3.05, 3.63) is 42.0 Å². The van der Waals surface area contributed by atoms with E-state index in [9.17, 15) is 9.59 Å².